The van der Waals surface area contributed by atoms with E-state index in [0.29, 0.717) is 6.54 Å². The smallest absolute Gasteiger partial charge is 0.416 e. The van der Waals surface area contributed by atoms with E-state index in [0.717, 1.165) is 12.1 Å². The highest BCUT2D eigenvalue weighted by atomic mass is 19.4. The summed E-state index contributed by atoms with van der Waals surface area (Å²) in [5.74, 6) is -1.16. The Morgan fingerprint density at radius 3 is 2.55 bits per heavy atom. The van der Waals surface area contributed by atoms with Gasteiger partial charge in [-0.1, -0.05) is 12.1 Å². The summed E-state index contributed by atoms with van der Waals surface area (Å²) in [6.07, 6.45) is -2.90. The molecule has 0 aliphatic rings. The number of aromatic carboxylic acids is 1. The van der Waals surface area contributed by atoms with Crippen molar-refractivity contribution >= 4 is 5.97 Å². The van der Waals surface area contributed by atoms with Gasteiger partial charge in [0, 0.05) is 18.3 Å². The lowest BCUT2D eigenvalue weighted by molar-refractivity contribution is -0.137. The van der Waals surface area contributed by atoms with E-state index in [1.165, 1.54) is 22.8 Å². The van der Waals surface area contributed by atoms with Crippen molar-refractivity contribution in [3.63, 3.8) is 0 Å². The van der Waals surface area contributed by atoms with E-state index in [9.17, 15) is 23.1 Å². The zero-order chi connectivity index (χ0) is 14.9. The first-order valence-corrected chi connectivity index (χ1v) is 5.94. The molecule has 0 aliphatic heterocycles. The highest BCUT2D eigenvalue weighted by molar-refractivity contribution is 5.94. The molecule has 0 aliphatic carbocycles. The van der Waals surface area contributed by atoms with Gasteiger partial charge in [-0.15, -0.1) is 0 Å². The third-order valence-electron chi connectivity index (χ3n) is 3.01. The van der Waals surface area contributed by atoms with Crippen molar-refractivity contribution in [3.05, 3.63) is 47.8 Å². The minimum absolute atomic E-state index is 0.00757. The van der Waals surface area contributed by atoms with Crippen LogP contribution >= 0.6 is 0 Å². The molecule has 0 bridgehead atoms. The maximum atomic E-state index is 12.7. The van der Waals surface area contributed by atoms with E-state index >= 15 is 0 Å². The van der Waals surface area contributed by atoms with Crippen LogP contribution in [0.2, 0.25) is 0 Å². The number of carbonyl (C=O) groups is 1. The van der Waals surface area contributed by atoms with Crippen LogP contribution in [0.25, 0.3) is 11.1 Å². The van der Waals surface area contributed by atoms with Gasteiger partial charge in [0.2, 0.25) is 0 Å². The van der Waals surface area contributed by atoms with E-state index < -0.39 is 17.7 Å². The van der Waals surface area contributed by atoms with Crippen molar-refractivity contribution in [2.75, 3.05) is 0 Å². The van der Waals surface area contributed by atoms with Crippen LogP contribution in [0, 0.1) is 0 Å². The predicted octanol–water partition coefficient (Wildman–Crippen LogP) is 3.89. The van der Waals surface area contributed by atoms with Gasteiger partial charge in [0.25, 0.3) is 0 Å². The van der Waals surface area contributed by atoms with Crippen LogP contribution in [0.4, 0.5) is 13.2 Å². The Morgan fingerprint density at radius 1 is 1.30 bits per heavy atom. The Bertz CT molecular complexity index is 644. The summed E-state index contributed by atoms with van der Waals surface area (Å²) < 4.78 is 39.6. The lowest BCUT2D eigenvalue weighted by Crippen LogP contribution is -2.08. The number of alkyl halides is 3. The molecule has 6 heteroatoms. The number of carboxylic acids is 1. The Hall–Kier alpha value is -2.24. The summed E-state index contributed by atoms with van der Waals surface area (Å²) in [5.41, 5.74) is -0.280. The molecule has 1 heterocycles. The first-order valence-electron chi connectivity index (χ1n) is 5.94. The van der Waals surface area contributed by atoms with E-state index in [1.54, 1.807) is 13.1 Å². The summed E-state index contributed by atoms with van der Waals surface area (Å²) >= 11 is 0. The molecule has 0 radical (unpaired) electrons. The van der Waals surface area contributed by atoms with Crippen molar-refractivity contribution in [2.24, 2.45) is 0 Å². The summed E-state index contributed by atoms with van der Waals surface area (Å²) in [7, 11) is 0. The molecule has 3 nitrogen and oxygen atoms in total. The van der Waals surface area contributed by atoms with Gasteiger partial charge in [0.15, 0.2) is 0 Å². The van der Waals surface area contributed by atoms with E-state index in [-0.39, 0.29) is 16.8 Å². The number of hydrogen-bond acceptors (Lipinski definition) is 1. The van der Waals surface area contributed by atoms with Gasteiger partial charge in [-0.25, -0.2) is 4.79 Å². The average Bonchev–Trinajstić information content (AvgIpc) is 2.81. The molecule has 2 aromatic rings. The molecule has 0 saturated heterocycles. The Labute approximate surface area is 113 Å². The standard InChI is InChI=1S/C14H12F3NO2/c1-2-18-7-6-11(12(18)13(19)20)9-4-3-5-10(8-9)14(15,16)17/h3-8H,2H2,1H3,(H,19,20). The zero-order valence-electron chi connectivity index (χ0n) is 10.6. The molecule has 106 valence electrons. The predicted molar refractivity (Wildman–Crippen MR) is 67.5 cm³/mol. The number of benzene rings is 1. The maximum Gasteiger partial charge on any atom is 0.416 e. The summed E-state index contributed by atoms with van der Waals surface area (Å²) in [5, 5.41) is 9.21. The fourth-order valence-electron chi connectivity index (χ4n) is 2.07. The fraction of sp³-hybridized carbons (Fsp3) is 0.214. The van der Waals surface area contributed by atoms with Crippen LogP contribution in [0.15, 0.2) is 36.5 Å². The van der Waals surface area contributed by atoms with Gasteiger partial charge < -0.3 is 9.67 Å². The van der Waals surface area contributed by atoms with E-state index in [2.05, 4.69) is 0 Å². The second kappa shape index (κ2) is 5.03. The molecular weight excluding hydrogens is 271 g/mol. The third-order valence-corrected chi connectivity index (χ3v) is 3.01. The first-order chi connectivity index (χ1) is 9.34. The molecular formula is C14H12F3NO2. The van der Waals surface area contributed by atoms with Gasteiger partial charge in [0.05, 0.1) is 5.56 Å². The summed E-state index contributed by atoms with van der Waals surface area (Å²) in [4.78, 5) is 11.3. The minimum Gasteiger partial charge on any atom is -0.477 e. The molecule has 20 heavy (non-hydrogen) atoms. The third kappa shape index (κ3) is 2.54. The van der Waals surface area contributed by atoms with Crippen LogP contribution in [-0.4, -0.2) is 15.6 Å². The van der Waals surface area contributed by atoms with Gasteiger partial charge >= 0.3 is 12.1 Å². The summed E-state index contributed by atoms with van der Waals surface area (Å²) in [6.45, 7) is 2.20. The second-order valence-corrected chi connectivity index (χ2v) is 4.25. The second-order valence-electron chi connectivity index (χ2n) is 4.25. The van der Waals surface area contributed by atoms with Crippen LogP contribution in [0.5, 0.6) is 0 Å². The number of aryl methyl sites for hydroxylation is 1. The monoisotopic (exact) mass is 283 g/mol. The lowest BCUT2D eigenvalue weighted by Gasteiger charge is -2.09. The number of carboxylic acid groups (broad SMARTS) is 1. The highest BCUT2D eigenvalue weighted by Crippen LogP contribution is 2.33. The van der Waals surface area contributed by atoms with Crippen LogP contribution in [-0.2, 0) is 12.7 Å². The van der Waals surface area contributed by atoms with Crippen LogP contribution in [0.1, 0.15) is 23.0 Å². The molecule has 0 unspecified atom stereocenters. The topological polar surface area (TPSA) is 42.2 Å². The van der Waals surface area contributed by atoms with Gasteiger partial charge in [0.1, 0.15) is 5.69 Å². The zero-order valence-corrected chi connectivity index (χ0v) is 10.6. The molecule has 2 rings (SSSR count). The molecule has 0 amide bonds. The van der Waals surface area contributed by atoms with Crippen molar-refractivity contribution < 1.29 is 23.1 Å². The fourth-order valence-corrected chi connectivity index (χ4v) is 2.07. The SMILES string of the molecule is CCn1ccc(-c2cccc(C(F)(F)F)c2)c1C(=O)O. The number of nitrogens with zero attached hydrogens (tertiary/aromatic N) is 1. The van der Waals surface area contributed by atoms with Crippen molar-refractivity contribution in [1.29, 1.82) is 0 Å². The quantitative estimate of drug-likeness (QED) is 0.928. The normalized spacial score (nSPS) is 11.6. The molecule has 1 N–H and O–H groups in total. The first kappa shape index (κ1) is 14.2. The number of aromatic nitrogens is 1. The summed E-state index contributed by atoms with van der Waals surface area (Å²) in [6, 6.07) is 6.18. The Kier molecular flexibility index (Phi) is 3.57. The Morgan fingerprint density at radius 2 is 2.00 bits per heavy atom. The van der Waals surface area contributed by atoms with Crippen molar-refractivity contribution in [1.82, 2.24) is 4.57 Å². The number of hydrogen-bond donors (Lipinski definition) is 1. The molecule has 0 spiro atoms. The van der Waals surface area contributed by atoms with E-state index in [4.69, 9.17) is 0 Å². The average molecular weight is 283 g/mol. The van der Waals surface area contributed by atoms with Gasteiger partial charge in [-0.3, -0.25) is 0 Å². The Balaban J connectivity index is 2.58. The lowest BCUT2D eigenvalue weighted by atomic mass is 10.0. The molecule has 0 atom stereocenters. The van der Waals surface area contributed by atoms with Crippen LogP contribution in [0.3, 0.4) is 0 Å². The maximum absolute atomic E-state index is 12.7. The van der Waals surface area contributed by atoms with E-state index in [1.807, 2.05) is 0 Å². The van der Waals surface area contributed by atoms with Crippen LogP contribution < -0.4 is 0 Å². The van der Waals surface area contributed by atoms with Gasteiger partial charge in [-0.05, 0) is 30.7 Å². The molecule has 0 saturated carbocycles. The highest BCUT2D eigenvalue weighted by Gasteiger charge is 2.31. The molecule has 1 aromatic carbocycles. The molecule has 0 fully saturated rings. The van der Waals surface area contributed by atoms with Crippen molar-refractivity contribution in [2.45, 2.75) is 19.6 Å². The number of rotatable bonds is 3. The minimum atomic E-state index is -4.45. The van der Waals surface area contributed by atoms with Crippen molar-refractivity contribution in [3.8, 4) is 11.1 Å². The largest absolute Gasteiger partial charge is 0.477 e. The number of halogens is 3. The van der Waals surface area contributed by atoms with Gasteiger partial charge in [-0.2, -0.15) is 13.2 Å². The molecule has 1 aromatic heterocycles.